The Labute approximate surface area is 127 Å². The second-order valence-electron chi connectivity index (χ2n) is 4.62. The molecule has 0 fully saturated rings. The topological polar surface area (TPSA) is 75.3 Å². The van der Waals surface area contributed by atoms with Gasteiger partial charge in [-0.2, -0.15) is 0 Å². The number of hydrogen-bond donors (Lipinski definition) is 2. The third-order valence-corrected chi connectivity index (χ3v) is 4.95. The predicted octanol–water partition coefficient (Wildman–Crippen LogP) is 2.75. The first-order valence-electron chi connectivity index (χ1n) is 6.16. The number of benzene rings is 2. The summed E-state index contributed by atoms with van der Waals surface area (Å²) >= 11 is 6.12. The zero-order valence-electron chi connectivity index (χ0n) is 10.8. The number of hydrogen-bond acceptors (Lipinski definition) is 3. The maximum atomic E-state index is 12.0. The van der Waals surface area contributed by atoms with E-state index in [1.54, 1.807) is 18.2 Å². The molecule has 108 valence electrons. The smallest absolute Gasteiger partial charge is 0.306 e. The highest BCUT2D eigenvalue weighted by molar-refractivity contribution is 7.90. The molecule has 21 heavy (non-hydrogen) atoms. The predicted molar refractivity (Wildman–Crippen MR) is 80.0 cm³/mol. The third-order valence-electron chi connectivity index (χ3n) is 3.21. The van der Waals surface area contributed by atoms with Gasteiger partial charge in [-0.15, -0.1) is 0 Å². The van der Waals surface area contributed by atoms with Crippen LogP contribution >= 0.6 is 11.6 Å². The van der Waals surface area contributed by atoms with Crippen molar-refractivity contribution in [1.82, 2.24) is 4.72 Å². The summed E-state index contributed by atoms with van der Waals surface area (Å²) in [6.45, 7) is 0. The molecule has 1 aliphatic rings. The molecule has 2 aromatic carbocycles. The second-order valence-corrected chi connectivity index (χ2v) is 6.68. The van der Waals surface area contributed by atoms with E-state index in [1.165, 1.54) is 6.07 Å². The average molecular weight is 323 g/mol. The van der Waals surface area contributed by atoms with Crippen molar-refractivity contribution in [2.45, 2.75) is 11.3 Å². The van der Waals surface area contributed by atoms with Gasteiger partial charge in [0.15, 0.2) is 0 Å². The molecule has 0 atom stereocenters. The van der Waals surface area contributed by atoms with Gasteiger partial charge in [0, 0.05) is 11.4 Å². The van der Waals surface area contributed by atoms with Crippen molar-refractivity contribution in [2.75, 3.05) is 5.32 Å². The van der Waals surface area contributed by atoms with Gasteiger partial charge in [-0.1, -0.05) is 41.9 Å². The van der Waals surface area contributed by atoms with E-state index in [0.29, 0.717) is 22.7 Å². The summed E-state index contributed by atoms with van der Waals surface area (Å²) in [6.07, 6.45) is 0.429. The Morgan fingerprint density at radius 3 is 2.48 bits per heavy atom. The molecule has 1 aliphatic heterocycles. The Balaban J connectivity index is 2.10. The van der Waals surface area contributed by atoms with Crippen LogP contribution in [0.1, 0.15) is 11.1 Å². The summed E-state index contributed by atoms with van der Waals surface area (Å²) in [4.78, 5) is 11.5. The van der Waals surface area contributed by atoms with Crippen molar-refractivity contribution in [3.63, 3.8) is 0 Å². The minimum atomic E-state index is -3.81. The molecule has 0 unspecified atom stereocenters. The van der Waals surface area contributed by atoms with Gasteiger partial charge < -0.3 is 5.32 Å². The lowest BCUT2D eigenvalue weighted by Crippen LogP contribution is -2.39. The molecule has 1 heterocycles. The van der Waals surface area contributed by atoms with Crippen molar-refractivity contribution in [2.24, 2.45) is 0 Å². The quantitative estimate of drug-likeness (QED) is 0.892. The molecule has 0 aromatic heterocycles. The standard InChI is InChI=1S/C14H11ClN2O3S/c15-11-6-2-1-4-9(11)8-10-5-3-7-12-13(10)16-14(18)17-21(12,19)20/h1-7H,8H2,(H2,16,17,18). The van der Waals surface area contributed by atoms with Crippen LogP contribution in [-0.2, 0) is 16.4 Å². The van der Waals surface area contributed by atoms with Crippen LogP contribution in [0.15, 0.2) is 47.4 Å². The summed E-state index contributed by atoms with van der Waals surface area (Å²) in [5.74, 6) is 0. The van der Waals surface area contributed by atoms with Gasteiger partial charge in [-0.05, 0) is 23.3 Å². The number of urea groups is 1. The lowest BCUT2D eigenvalue weighted by molar-refractivity contribution is 0.256. The SMILES string of the molecule is O=C1Nc2c(Cc3ccccc3Cl)cccc2S(=O)(=O)N1. The largest absolute Gasteiger partial charge is 0.333 e. The summed E-state index contributed by atoms with van der Waals surface area (Å²) in [6, 6.07) is 11.4. The minimum Gasteiger partial charge on any atom is -0.306 e. The Morgan fingerprint density at radius 1 is 1.00 bits per heavy atom. The molecule has 0 radical (unpaired) electrons. The van der Waals surface area contributed by atoms with Crippen molar-refractivity contribution in [3.8, 4) is 0 Å². The van der Waals surface area contributed by atoms with Crippen molar-refractivity contribution >= 4 is 33.3 Å². The van der Waals surface area contributed by atoms with Gasteiger partial charge in [-0.25, -0.2) is 17.9 Å². The summed E-state index contributed by atoms with van der Waals surface area (Å²) < 4.78 is 25.8. The molecule has 0 saturated carbocycles. The zero-order chi connectivity index (χ0) is 15.0. The highest BCUT2D eigenvalue weighted by atomic mass is 35.5. The van der Waals surface area contributed by atoms with E-state index in [0.717, 1.165) is 5.56 Å². The van der Waals surface area contributed by atoms with Crippen LogP contribution in [0.3, 0.4) is 0 Å². The normalized spacial score (nSPS) is 15.8. The lowest BCUT2D eigenvalue weighted by atomic mass is 10.0. The first kappa shape index (κ1) is 13.9. The first-order chi connectivity index (χ1) is 9.97. The van der Waals surface area contributed by atoms with E-state index in [2.05, 4.69) is 5.32 Å². The summed E-state index contributed by atoms with van der Waals surface area (Å²) in [5.41, 5.74) is 1.86. The second kappa shape index (κ2) is 5.05. The Hall–Kier alpha value is -2.05. The maximum absolute atomic E-state index is 12.0. The first-order valence-corrected chi connectivity index (χ1v) is 8.02. The van der Waals surface area contributed by atoms with E-state index in [9.17, 15) is 13.2 Å². The molecular formula is C14H11ClN2O3S. The van der Waals surface area contributed by atoms with Gasteiger partial charge in [0.1, 0.15) is 4.90 Å². The highest BCUT2D eigenvalue weighted by Crippen LogP contribution is 2.31. The Bertz CT molecular complexity index is 834. The van der Waals surface area contributed by atoms with Crippen LogP contribution in [0.4, 0.5) is 10.5 Å². The van der Waals surface area contributed by atoms with Crippen LogP contribution in [-0.4, -0.2) is 14.4 Å². The van der Waals surface area contributed by atoms with Crippen molar-refractivity contribution in [3.05, 3.63) is 58.6 Å². The number of carbonyl (C=O) groups is 1. The Morgan fingerprint density at radius 2 is 1.71 bits per heavy atom. The monoisotopic (exact) mass is 322 g/mol. The molecule has 0 bridgehead atoms. The van der Waals surface area contributed by atoms with Gasteiger partial charge in [0.25, 0.3) is 10.0 Å². The average Bonchev–Trinajstić information content (AvgIpc) is 2.41. The number of nitrogens with one attached hydrogen (secondary N) is 2. The van der Waals surface area contributed by atoms with Crippen LogP contribution in [0, 0.1) is 0 Å². The number of rotatable bonds is 2. The van der Waals surface area contributed by atoms with E-state index in [4.69, 9.17) is 11.6 Å². The fraction of sp³-hybridized carbons (Fsp3) is 0.0714. The third kappa shape index (κ3) is 2.59. The molecule has 0 aliphatic carbocycles. The van der Waals surface area contributed by atoms with Gasteiger partial charge in [-0.3, -0.25) is 0 Å². The van der Waals surface area contributed by atoms with Crippen LogP contribution in [0.25, 0.3) is 0 Å². The number of amides is 2. The van der Waals surface area contributed by atoms with Crippen LogP contribution in [0.2, 0.25) is 5.02 Å². The van der Waals surface area contributed by atoms with E-state index in [-0.39, 0.29) is 4.90 Å². The number of anilines is 1. The molecule has 2 N–H and O–H groups in total. The highest BCUT2D eigenvalue weighted by Gasteiger charge is 2.29. The lowest BCUT2D eigenvalue weighted by Gasteiger charge is -2.21. The zero-order valence-corrected chi connectivity index (χ0v) is 12.3. The van der Waals surface area contributed by atoms with Crippen molar-refractivity contribution in [1.29, 1.82) is 0 Å². The molecule has 0 saturated heterocycles. The molecule has 7 heteroatoms. The maximum Gasteiger partial charge on any atom is 0.333 e. The summed E-state index contributed by atoms with van der Waals surface area (Å²) in [7, 11) is -3.81. The van der Waals surface area contributed by atoms with E-state index < -0.39 is 16.1 Å². The van der Waals surface area contributed by atoms with Crippen LogP contribution in [0.5, 0.6) is 0 Å². The van der Waals surface area contributed by atoms with Crippen LogP contribution < -0.4 is 10.0 Å². The van der Waals surface area contributed by atoms with Gasteiger partial charge in [0.2, 0.25) is 0 Å². The molecule has 2 amide bonds. The molecule has 2 aromatic rings. The van der Waals surface area contributed by atoms with E-state index >= 15 is 0 Å². The Kier molecular flexibility index (Phi) is 3.35. The van der Waals surface area contributed by atoms with E-state index in [1.807, 2.05) is 22.9 Å². The fourth-order valence-electron chi connectivity index (χ4n) is 2.25. The van der Waals surface area contributed by atoms with Gasteiger partial charge in [0.05, 0.1) is 5.69 Å². The fourth-order valence-corrected chi connectivity index (χ4v) is 3.57. The molecular weight excluding hydrogens is 312 g/mol. The molecule has 3 rings (SSSR count). The van der Waals surface area contributed by atoms with Gasteiger partial charge >= 0.3 is 6.03 Å². The molecule has 0 spiro atoms. The van der Waals surface area contributed by atoms with Crippen molar-refractivity contribution < 1.29 is 13.2 Å². The molecule has 5 nitrogen and oxygen atoms in total. The number of halogens is 1. The number of sulfonamides is 1. The number of fused-ring (bicyclic) bond motifs is 1. The summed E-state index contributed by atoms with van der Waals surface area (Å²) in [5, 5.41) is 3.15. The minimum absolute atomic E-state index is 0.0617. The number of carbonyl (C=O) groups excluding carboxylic acids is 1. The number of para-hydroxylation sites is 1.